The van der Waals surface area contributed by atoms with Crippen LogP contribution in [-0.2, 0) is 9.47 Å². The summed E-state index contributed by atoms with van der Waals surface area (Å²) in [4.78, 5) is 13.7. The van der Waals surface area contributed by atoms with Crippen LogP contribution in [0.25, 0.3) is 0 Å². The van der Waals surface area contributed by atoms with Crippen molar-refractivity contribution >= 4 is 6.09 Å². The number of hydrogen-bond acceptors (Lipinski definition) is 3. The molecule has 0 bridgehead atoms. The summed E-state index contributed by atoms with van der Waals surface area (Å²) in [7, 11) is 1.82. The van der Waals surface area contributed by atoms with E-state index in [4.69, 9.17) is 9.47 Å². The van der Waals surface area contributed by atoms with Crippen LogP contribution in [0.5, 0.6) is 0 Å². The molecule has 2 aliphatic rings. The second-order valence-electron chi connectivity index (χ2n) is 6.65. The summed E-state index contributed by atoms with van der Waals surface area (Å²) in [6, 6.07) is 0.165. The van der Waals surface area contributed by atoms with E-state index in [0.29, 0.717) is 6.61 Å². The first-order valence-electron chi connectivity index (χ1n) is 6.91. The molecule has 1 atom stereocenters. The van der Waals surface area contributed by atoms with Crippen molar-refractivity contribution in [2.75, 3.05) is 13.7 Å². The molecule has 2 fully saturated rings. The maximum Gasteiger partial charge on any atom is 0.410 e. The Labute approximate surface area is 110 Å². The van der Waals surface area contributed by atoms with Crippen LogP contribution >= 0.6 is 0 Å². The second kappa shape index (κ2) is 4.72. The fourth-order valence-corrected chi connectivity index (χ4v) is 2.92. The molecule has 1 aliphatic carbocycles. The van der Waals surface area contributed by atoms with Gasteiger partial charge in [-0.15, -0.1) is 0 Å². The minimum atomic E-state index is -0.435. The molecule has 2 rings (SSSR count). The van der Waals surface area contributed by atoms with Gasteiger partial charge in [0.1, 0.15) is 5.60 Å². The van der Waals surface area contributed by atoms with Gasteiger partial charge >= 0.3 is 6.09 Å². The van der Waals surface area contributed by atoms with Gasteiger partial charge in [-0.2, -0.15) is 0 Å². The minimum Gasteiger partial charge on any atom is -0.444 e. The zero-order valence-corrected chi connectivity index (χ0v) is 12.0. The van der Waals surface area contributed by atoms with Gasteiger partial charge in [-0.25, -0.2) is 4.79 Å². The number of carbonyl (C=O) groups is 1. The highest BCUT2D eigenvalue weighted by Crippen LogP contribution is 2.42. The van der Waals surface area contributed by atoms with Crippen molar-refractivity contribution < 1.29 is 14.3 Å². The Kier molecular flexibility index (Phi) is 3.58. The first-order chi connectivity index (χ1) is 8.31. The van der Waals surface area contributed by atoms with E-state index in [1.165, 1.54) is 12.8 Å². The Bertz CT molecular complexity index is 315. The van der Waals surface area contributed by atoms with Gasteiger partial charge in [0, 0.05) is 7.05 Å². The van der Waals surface area contributed by atoms with Crippen LogP contribution in [0.3, 0.4) is 0 Å². The van der Waals surface area contributed by atoms with Gasteiger partial charge in [0.2, 0.25) is 0 Å². The number of rotatable bonds is 1. The van der Waals surface area contributed by atoms with Crippen LogP contribution in [-0.4, -0.2) is 41.9 Å². The van der Waals surface area contributed by atoms with E-state index in [-0.39, 0.29) is 17.7 Å². The zero-order chi connectivity index (χ0) is 13.4. The zero-order valence-electron chi connectivity index (χ0n) is 12.0. The highest BCUT2D eigenvalue weighted by Gasteiger charge is 2.44. The molecular formula is C14H25NO3. The van der Waals surface area contributed by atoms with Gasteiger partial charge in [0.05, 0.1) is 18.2 Å². The van der Waals surface area contributed by atoms with Crippen molar-refractivity contribution in [1.29, 1.82) is 0 Å². The third-order valence-corrected chi connectivity index (χ3v) is 3.93. The van der Waals surface area contributed by atoms with Gasteiger partial charge < -0.3 is 14.4 Å². The molecule has 4 nitrogen and oxygen atoms in total. The van der Waals surface area contributed by atoms with Crippen LogP contribution in [0.1, 0.15) is 52.9 Å². The number of hydrogen-bond donors (Lipinski definition) is 0. The summed E-state index contributed by atoms with van der Waals surface area (Å²) in [6.45, 7) is 6.32. The lowest BCUT2D eigenvalue weighted by Crippen LogP contribution is -2.41. The Morgan fingerprint density at radius 2 is 1.94 bits per heavy atom. The van der Waals surface area contributed by atoms with Crippen molar-refractivity contribution in [3.63, 3.8) is 0 Å². The molecule has 4 heteroatoms. The molecule has 18 heavy (non-hydrogen) atoms. The Morgan fingerprint density at radius 3 is 2.50 bits per heavy atom. The smallest absolute Gasteiger partial charge is 0.410 e. The molecule has 1 unspecified atom stereocenters. The Morgan fingerprint density at radius 1 is 1.33 bits per heavy atom. The topological polar surface area (TPSA) is 38.8 Å². The second-order valence-corrected chi connectivity index (χ2v) is 6.65. The first-order valence-corrected chi connectivity index (χ1v) is 6.91. The molecule has 104 valence electrons. The third-order valence-electron chi connectivity index (χ3n) is 3.93. The maximum absolute atomic E-state index is 12.0. The van der Waals surface area contributed by atoms with Crippen molar-refractivity contribution in [3.05, 3.63) is 0 Å². The number of amides is 1. The number of nitrogens with zero attached hydrogens (tertiary/aromatic N) is 1. The monoisotopic (exact) mass is 255 g/mol. The highest BCUT2D eigenvalue weighted by molar-refractivity contribution is 5.68. The minimum absolute atomic E-state index is 0.0565. The number of carbonyl (C=O) groups excluding carboxylic acids is 1. The summed E-state index contributed by atoms with van der Waals surface area (Å²) in [5.74, 6) is 0. The van der Waals surface area contributed by atoms with Crippen LogP contribution in [0.4, 0.5) is 4.79 Å². The van der Waals surface area contributed by atoms with Crippen LogP contribution < -0.4 is 0 Å². The van der Waals surface area contributed by atoms with E-state index in [1.54, 1.807) is 4.90 Å². The normalized spacial score (nSPS) is 26.6. The van der Waals surface area contributed by atoms with Gasteiger partial charge in [-0.3, -0.25) is 0 Å². The lowest BCUT2D eigenvalue weighted by atomic mass is 9.96. The highest BCUT2D eigenvalue weighted by atomic mass is 16.6. The van der Waals surface area contributed by atoms with E-state index in [2.05, 4.69) is 0 Å². The predicted octanol–water partition coefficient (Wildman–Crippen LogP) is 2.96. The lowest BCUT2D eigenvalue weighted by molar-refractivity contribution is 0.00506. The van der Waals surface area contributed by atoms with Crippen molar-refractivity contribution in [3.8, 4) is 0 Å². The average Bonchev–Trinajstić information content (AvgIpc) is 2.86. The van der Waals surface area contributed by atoms with Crippen LogP contribution in [0.2, 0.25) is 0 Å². The van der Waals surface area contributed by atoms with Crippen molar-refractivity contribution in [2.45, 2.75) is 70.1 Å². The molecule has 0 aromatic carbocycles. The molecule has 0 N–H and O–H groups in total. The molecule has 1 saturated carbocycles. The van der Waals surface area contributed by atoms with Crippen molar-refractivity contribution in [1.82, 2.24) is 4.90 Å². The molecule has 1 aliphatic heterocycles. The molecule has 1 amide bonds. The van der Waals surface area contributed by atoms with E-state index in [9.17, 15) is 4.79 Å². The third kappa shape index (κ3) is 2.97. The van der Waals surface area contributed by atoms with Gasteiger partial charge in [0.25, 0.3) is 0 Å². The standard InChI is InChI=1S/C14H25NO3/c1-13(2,3)18-12(16)15(4)11-9-14(17-10-11)7-5-6-8-14/h11H,5-10H2,1-4H3. The summed E-state index contributed by atoms with van der Waals surface area (Å²) in [5.41, 5.74) is -0.378. The number of ether oxygens (including phenoxy) is 2. The Hall–Kier alpha value is -0.770. The summed E-state index contributed by atoms with van der Waals surface area (Å²) in [5, 5.41) is 0. The number of likely N-dealkylation sites (N-methyl/N-ethyl adjacent to an activating group) is 1. The van der Waals surface area contributed by atoms with E-state index < -0.39 is 5.60 Å². The lowest BCUT2D eigenvalue weighted by Gasteiger charge is -2.28. The molecule has 0 radical (unpaired) electrons. The maximum atomic E-state index is 12.0. The largest absolute Gasteiger partial charge is 0.444 e. The average molecular weight is 255 g/mol. The fourth-order valence-electron chi connectivity index (χ4n) is 2.92. The quantitative estimate of drug-likeness (QED) is 0.723. The van der Waals surface area contributed by atoms with E-state index >= 15 is 0 Å². The van der Waals surface area contributed by atoms with Crippen LogP contribution in [0.15, 0.2) is 0 Å². The Balaban J connectivity index is 1.90. The van der Waals surface area contributed by atoms with Gasteiger partial charge in [0.15, 0.2) is 0 Å². The molecule has 1 saturated heterocycles. The van der Waals surface area contributed by atoms with E-state index in [0.717, 1.165) is 19.3 Å². The summed E-state index contributed by atoms with van der Waals surface area (Å²) in [6.07, 6.45) is 5.51. The van der Waals surface area contributed by atoms with Gasteiger partial charge in [-0.05, 0) is 40.0 Å². The van der Waals surface area contributed by atoms with E-state index in [1.807, 2.05) is 27.8 Å². The first kappa shape index (κ1) is 13.7. The van der Waals surface area contributed by atoms with Crippen LogP contribution in [0, 0.1) is 0 Å². The fraction of sp³-hybridized carbons (Fsp3) is 0.929. The molecule has 0 aromatic heterocycles. The summed E-state index contributed by atoms with van der Waals surface area (Å²) < 4.78 is 11.4. The molecule has 1 spiro atoms. The van der Waals surface area contributed by atoms with Gasteiger partial charge in [-0.1, -0.05) is 12.8 Å². The van der Waals surface area contributed by atoms with Crippen molar-refractivity contribution in [2.24, 2.45) is 0 Å². The molecule has 0 aromatic rings. The molecular weight excluding hydrogens is 230 g/mol. The predicted molar refractivity (Wildman–Crippen MR) is 69.6 cm³/mol. The SMILES string of the molecule is CN(C(=O)OC(C)(C)C)C1COC2(CCCC2)C1. The molecule has 1 heterocycles. The summed E-state index contributed by atoms with van der Waals surface area (Å²) >= 11 is 0.